The number of nitrogens with zero attached hydrogens (tertiary/aromatic N) is 2. The third kappa shape index (κ3) is 3.56. The number of fused-ring (bicyclic) bond motifs is 1. The second-order valence-corrected chi connectivity index (χ2v) is 8.37. The maximum absolute atomic E-state index is 13.1. The highest BCUT2D eigenvalue weighted by atomic mass is 16.5. The van der Waals surface area contributed by atoms with E-state index >= 15 is 0 Å². The van der Waals surface area contributed by atoms with Crippen LogP contribution in [0.3, 0.4) is 0 Å². The Labute approximate surface area is 177 Å². The molecule has 0 aromatic heterocycles. The average Bonchev–Trinajstić information content (AvgIpc) is 2.78. The Balaban J connectivity index is 1.51. The Bertz CT molecular complexity index is 942. The fourth-order valence-corrected chi connectivity index (χ4v) is 4.96. The summed E-state index contributed by atoms with van der Waals surface area (Å²) in [5.74, 6) is 0.0263. The highest BCUT2D eigenvalue weighted by Crippen LogP contribution is 2.42. The first-order valence-corrected chi connectivity index (χ1v) is 10.4. The topological polar surface area (TPSA) is 70.1 Å². The van der Waals surface area contributed by atoms with Gasteiger partial charge in [-0.15, -0.1) is 0 Å². The number of carbonyl (C=O) groups is 2. The predicted octanol–water partition coefficient (Wildman–Crippen LogP) is 3.37. The number of aliphatic carboxylic acids is 1. The minimum atomic E-state index is -0.736. The Morgan fingerprint density at radius 2 is 1.83 bits per heavy atom. The van der Waals surface area contributed by atoms with Crippen LogP contribution < -0.4 is 4.74 Å². The molecule has 6 heteroatoms. The van der Waals surface area contributed by atoms with Crippen LogP contribution in [0.4, 0.5) is 0 Å². The summed E-state index contributed by atoms with van der Waals surface area (Å²) in [5, 5.41) is 9.92. The largest absolute Gasteiger partial charge is 0.497 e. The molecular formula is C24H28N2O4. The molecule has 2 atom stereocenters. The van der Waals surface area contributed by atoms with Crippen LogP contribution in [-0.4, -0.2) is 66.6 Å². The molecule has 0 spiro atoms. The molecule has 1 N–H and O–H groups in total. The molecule has 0 aliphatic carbocycles. The van der Waals surface area contributed by atoms with Crippen LogP contribution in [0.1, 0.15) is 29.6 Å². The van der Waals surface area contributed by atoms with Crippen LogP contribution in [0.15, 0.2) is 48.5 Å². The smallest absolute Gasteiger partial charge is 0.311 e. The van der Waals surface area contributed by atoms with Gasteiger partial charge >= 0.3 is 5.97 Å². The van der Waals surface area contributed by atoms with Gasteiger partial charge in [-0.05, 0) is 68.2 Å². The summed E-state index contributed by atoms with van der Waals surface area (Å²) in [6.45, 7) is 1.81. The Kier molecular flexibility index (Phi) is 5.52. The molecule has 2 heterocycles. The van der Waals surface area contributed by atoms with E-state index in [-0.39, 0.29) is 11.9 Å². The van der Waals surface area contributed by atoms with Gasteiger partial charge in [0.1, 0.15) is 5.75 Å². The first kappa shape index (κ1) is 20.4. The fourth-order valence-electron chi connectivity index (χ4n) is 4.96. The number of hydrogen-bond acceptors (Lipinski definition) is 4. The number of rotatable bonds is 4. The molecule has 0 saturated carbocycles. The van der Waals surface area contributed by atoms with Gasteiger partial charge in [-0.3, -0.25) is 9.59 Å². The normalized spacial score (nSPS) is 24.2. The SMILES string of the molecule is COc1cccc(-c2ccc(C(=O)N3CC[C@@]4(C(=O)O)CCCN(C)[C@@H]4C3)cc2)c1. The average molecular weight is 408 g/mol. The first-order valence-electron chi connectivity index (χ1n) is 10.4. The van der Waals surface area contributed by atoms with Crippen molar-refractivity contribution in [1.29, 1.82) is 0 Å². The first-order chi connectivity index (χ1) is 14.4. The molecule has 2 aliphatic heterocycles. The van der Waals surface area contributed by atoms with Gasteiger partial charge in [-0.2, -0.15) is 0 Å². The number of amides is 1. The summed E-state index contributed by atoms with van der Waals surface area (Å²) in [6.07, 6.45) is 2.08. The van der Waals surface area contributed by atoms with E-state index in [1.165, 1.54) is 0 Å². The number of piperidine rings is 2. The van der Waals surface area contributed by atoms with Gasteiger partial charge in [-0.1, -0.05) is 24.3 Å². The number of methoxy groups -OCH3 is 1. The highest BCUT2D eigenvalue weighted by molar-refractivity contribution is 5.95. The molecule has 2 aromatic carbocycles. The monoisotopic (exact) mass is 408 g/mol. The van der Waals surface area contributed by atoms with E-state index in [0.717, 1.165) is 29.8 Å². The lowest BCUT2D eigenvalue weighted by atomic mass is 9.68. The quantitative estimate of drug-likeness (QED) is 0.840. The Hall–Kier alpha value is -2.86. The standard InChI is InChI=1S/C24H28N2O4/c1-25-13-4-11-24(23(28)29)12-14-26(16-21(24)25)22(27)18-9-7-17(8-10-18)19-5-3-6-20(15-19)30-2/h3,5-10,15,21H,4,11-14,16H2,1-2H3,(H,28,29)/t21-,24+/m1/s1. The molecule has 2 fully saturated rings. The molecule has 2 aliphatic rings. The van der Waals surface area contributed by atoms with Crippen molar-refractivity contribution in [2.75, 3.05) is 33.8 Å². The third-order valence-corrected chi connectivity index (χ3v) is 6.77. The lowest BCUT2D eigenvalue weighted by Crippen LogP contribution is -2.63. The minimum Gasteiger partial charge on any atom is -0.497 e. The van der Waals surface area contributed by atoms with Crippen molar-refractivity contribution in [2.45, 2.75) is 25.3 Å². The van der Waals surface area contributed by atoms with Crippen molar-refractivity contribution in [3.8, 4) is 16.9 Å². The van der Waals surface area contributed by atoms with Gasteiger partial charge in [-0.25, -0.2) is 0 Å². The maximum atomic E-state index is 13.1. The van der Waals surface area contributed by atoms with Crippen LogP contribution in [0.2, 0.25) is 0 Å². The molecule has 0 unspecified atom stereocenters. The number of ether oxygens (including phenoxy) is 1. The van der Waals surface area contributed by atoms with Crippen molar-refractivity contribution in [2.24, 2.45) is 5.41 Å². The Morgan fingerprint density at radius 3 is 2.53 bits per heavy atom. The van der Waals surface area contributed by atoms with Gasteiger partial charge in [0.15, 0.2) is 0 Å². The molecule has 2 aromatic rings. The third-order valence-electron chi connectivity index (χ3n) is 6.77. The summed E-state index contributed by atoms with van der Waals surface area (Å²) in [7, 11) is 3.61. The lowest BCUT2D eigenvalue weighted by molar-refractivity contribution is -0.161. The van der Waals surface area contributed by atoms with Crippen molar-refractivity contribution in [1.82, 2.24) is 9.80 Å². The van der Waals surface area contributed by atoms with Crippen LogP contribution in [0, 0.1) is 5.41 Å². The number of hydrogen-bond donors (Lipinski definition) is 1. The van der Waals surface area contributed by atoms with Gasteiger partial charge < -0.3 is 19.6 Å². The van der Waals surface area contributed by atoms with Gasteiger partial charge in [0, 0.05) is 24.7 Å². The van der Waals surface area contributed by atoms with E-state index < -0.39 is 11.4 Å². The van der Waals surface area contributed by atoms with Crippen LogP contribution >= 0.6 is 0 Å². The number of carbonyl (C=O) groups excluding carboxylic acids is 1. The zero-order valence-electron chi connectivity index (χ0n) is 17.5. The van der Waals surface area contributed by atoms with Crippen LogP contribution in [0.25, 0.3) is 11.1 Å². The molecule has 6 nitrogen and oxygen atoms in total. The molecule has 158 valence electrons. The van der Waals surface area contributed by atoms with E-state index in [2.05, 4.69) is 4.90 Å². The predicted molar refractivity (Wildman–Crippen MR) is 115 cm³/mol. The molecule has 0 radical (unpaired) electrons. The van der Waals surface area contributed by atoms with Crippen LogP contribution in [-0.2, 0) is 4.79 Å². The summed E-state index contributed by atoms with van der Waals surface area (Å²) >= 11 is 0. The second-order valence-electron chi connectivity index (χ2n) is 8.37. The van der Waals surface area contributed by atoms with Gasteiger partial charge in [0.2, 0.25) is 0 Å². The summed E-state index contributed by atoms with van der Waals surface area (Å²) in [4.78, 5) is 29.2. The number of carboxylic acid groups (broad SMARTS) is 1. The summed E-state index contributed by atoms with van der Waals surface area (Å²) < 4.78 is 5.29. The lowest BCUT2D eigenvalue weighted by Gasteiger charge is -2.51. The van der Waals surface area contributed by atoms with E-state index in [4.69, 9.17) is 4.74 Å². The van der Waals surface area contributed by atoms with E-state index in [9.17, 15) is 14.7 Å². The summed E-state index contributed by atoms with van der Waals surface area (Å²) in [6, 6.07) is 15.3. The fraction of sp³-hybridized carbons (Fsp3) is 0.417. The molecule has 4 rings (SSSR count). The highest BCUT2D eigenvalue weighted by Gasteiger charge is 2.52. The molecule has 30 heavy (non-hydrogen) atoms. The van der Waals surface area contributed by atoms with Gasteiger partial charge in [0.25, 0.3) is 5.91 Å². The minimum absolute atomic E-state index is 0.0369. The molecule has 1 amide bonds. The van der Waals surface area contributed by atoms with Crippen molar-refractivity contribution in [3.63, 3.8) is 0 Å². The van der Waals surface area contributed by atoms with E-state index in [1.54, 1.807) is 7.11 Å². The van der Waals surface area contributed by atoms with E-state index in [0.29, 0.717) is 31.5 Å². The van der Waals surface area contributed by atoms with E-state index in [1.807, 2.05) is 60.5 Å². The van der Waals surface area contributed by atoms with Crippen molar-refractivity contribution in [3.05, 3.63) is 54.1 Å². The number of benzene rings is 2. The maximum Gasteiger partial charge on any atom is 0.311 e. The zero-order chi connectivity index (χ0) is 21.3. The number of likely N-dealkylation sites (N-methyl/N-ethyl adjacent to an activating group) is 1. The molecular weight excluding hydrogens is 380 g/mol. The van der Waals surface area contributed by atoms with Crippen molar-refractivity contribution < 1.29 is 19.4 Å². The number of carboxylic acids is 1. The zero-order valence-corrected chi connectivity index (χ0v) is 17.5. The van der Waals surface area contributed by atoms with Crippen molar-refractivity contribution >= 4 is 11.9 Å². The Morgan fingerprint density at radius 1 is 1.07 bits per heavy atom. The van der Waals surface area contributed by atoms with Gasteiger partial charge in [0.05, 0.1) is 12.5 Å². The van der Waals surface area contributed by atoms with Crippen LogP contribution in [0.5, 0.6) is 5.75 Å². The summed E-state index contributed by atoms with van der Waals surface area (Å²) in [5.41, 5.74) is 1.94. The molecule has 2 saturated heterocycles. The molecule has 0 bridgehead atoms. The second kappa shape index (κ2) is 8.11. The number of likely N-dealkylation sites (tertiary alicyclic amines) is 2.